The number of aryl methyl sites for hydroxylation is 1. The number of fused-ring (bicyclic) bond motifs is 1. The molecule has 2 aromatic heterocycles. The van der Waals surface area contributed by atoms with E-state index in [0.717, 1.165) is 33.6 Å². The standard InChI is InChI=1S/C18H21N3O3S/c1-5-24-17-11(2)9-19-16(12(17)3)10-25(22)18-20-14-7-6-13(23-4)8-15(14)21-18/h6-9H,5,10H2,1-4H3,(H,20,21). The maximum absolute atomic E-state index is 12.7. The molecule has 25 heavy (non-hydrogen) atoms. The number of pyridine rings is 1. The molecular formula is C18H21N3O3S. The lowest BCUT2D eigenvalue weighted by Gasteiger charge is -2.14. The minimum Gasteiger partial charge on any atom is -0.609 e. The van der Waals surface area contributed by atoms with Gasteiger partial charge in [-0.2, -0.15) is 4.98 Å². The van der Waals surface area contributed by atoms with Crippen molar-refractivity contribution in [1.29, 1.82) is 0 Å². The van der Waals surface area contributed by atoms with E-state index in [2.05, 4.69) is 15.0 Å². The van der Waals surface area contributed by atoms with Crippen LogP contribution in [0.4, 0.5) is 0 Å². The third-order valence-corrected chi connectivity index (χ3v) is 5.15. The Morgan fingerprint density at radius 2 is 2.08 bits per heavy atom. The van der Waals surface area contributed by atoms with E-state index in [1.165, 1.54) is 0 Å². The predicted octanol–water partition coefficient (Wildman–Crippen LogP) is 3.29. The fourth-order valence-electron chi connectivity index (χ4n) is 2.66. The summed E-state index contributed by atoms with van der Waals surface area (Å²) in [5.41, 5.74) is 4.21. The Bertz CT molecular complexity index is 895. The number of hydrogen-bond acceptors (Lipinski definition) is 5. The van der Waals surface area contributed by atoms with Crippen LogP contribution in [0, 0.1) is 13.8 Å². The third-order valence-electron chi connectivity index (χ3n) is 3.99. The number of H-pyrrole nitrogens is 1. The van der Waals surface area contributed by atoms with Crippen molar-refractivity contribution in [3.05, 3.63) is 41.2 Å². The van der Waals surface area contributed by atoms with Gasteiger partial charge in [0.05, 0.1) is 30.4 Å². The molecule has 1 N–H and O–H groups in total. The smallest absolute Gasteiger partial charge is 0.322 e. The van der Waals surface area contributed by atoms with E-state index in [1.54, 1.807) is 13.3 Å². The molecule has 6 nitrogen and oxygen atoms in total. The van der Waals surface area contributed by atoms with Crippen LogP contribution in [0.3, 0.4) is 0 Å². The fraction of sp³-hybridized carbons (Fsp3) is 0.333. The number of nitrogens with zero attached hydrogens (tertiary/aromatic N) is 2. The second-order valence-electron chi connectivity index (χ2n) is 5.69. The highest BCUT2D eigenvalue weighted by Gasteiger charge is 2.21. The highest BCUT2D eigenvalue weighted by Crippen LogP contribution is 2.27. The molecule has 1 atom stereocenters. The van der Waals surface area contributed by atoms with E-state index in [-0.39, 0.29) is 5.75 Å². The summed E-state index contributed by atoms with van der Waals surface area (Å²) in [6.45, 7) is 6.43. The maximum Gasteiger partial charge on any atom is 0.322 e. The second kappa shape index (κ2) is 7.33. The molecule has 0 amide bonds. The molecule has 3 rings (SSSR count). The normalized spacial score (nSPS) is 12.4. The molecule has 0 bridgehead atoms. The number of ether oxygens (including phenoxy) is 2. The first-order valence-corrected chi connectivity index (χ1v) is 9.35. The molecule has 0 spiro atoms. The molecule has 0 aliphatic carbocycles. The van der Waals surface area contributed by atoms with Crippen molar-refractivity contribution in [3.8, 4) is 11.5 Å². The lowest BCUT2D eigenvalue weighted by Crippen LogP contribution is -2.11. The van der Waals surface area contributed by atoms with Gasteiger partial charge >= 0.3 is 5.16 Å². The number of methoxy groups -OCH3 is 1. The molecule has 2 heterocycles. The third kappa shape index (κ3) is 3.57. The Morgan fingerprint density at radius 1 is 1.28 bits per heavy atom. The van der Waals surface area contributed by atoms with E-state index >= 15 is 0 Å². The SMILES string of the molecule is CCOc1c(C)cnc(C[S+]([O-])c2nc3cc(OC)ccc3[nH]2)c1C. The lowest BCUT2D eigenvalue weighted by molar-refractivity contribution is 0.334. The summed E-state index contributed by atoms with van der Waals surface area (Å²) < 4.78 is 23.6. The zero-order valence-electron chi connectivity index (χ0n) is 14.8. The summed E-state index contributed by atoms with van der Waals surface area (Å²) in [5, 5.41) is 0.433. The zero-order chi connectivity index (χ0) is 18.0. The van der Waals surface area contributed by atoms with Crippen LogP contribution < -0.4 is 9.47 Å². The van der Waals surface area contributed by atoms with Gasteiger partial charge in [0, 0.05) is 34.6 Å². The molecule has 7 heteroatoms. The quantitative estimate of drug-likeness (QED) is 0.683. The van der Waals surface area contributed by atoms with Crippen molar-refractivity contribution >= 4 is 22.2 Å². The van der Waals surface area contributed by atoms with Crippen LogP contribution in [0.25, 0.3) is 11.0 Å². The van der Waals surface area contributed by atoms with Crippen LogP contribution in [0.2, 0.25) is 0 Å². The number of nitrogens with one attached hydrogen (secondary N) is 1. The second-order valence-corrected chi connectivity index (χ2v) is 7.06. The molecule has 0 aliphatic heterocycles. The Labute approximate surface area is 149 Å². The fourth-order valence-corrected chi connectivity index (χ4v) is 3.76. The van der Waals surface area contributed by atoms with Crippen LogP contribution in [-0.2, 0) is 16.9 Å². The Hall–Kier alpha value is -2.25. The number of rotatable bonds is 6. The first-order valence-electron chi connectivity index (χ1n) is 8.03. The van der Waals surface area contributed by atoms with Crippen molar-refractivity contribution in [3.63, 3.8) is 0 Å². The van der Waals surface area contributed by atoms with Gasteiger partial charge in [-0.05, 0) is 32.9 Å². The summed E-state index contributed by atoms with van der Waals surface area (Å²) >= 11 is -1.33. The average Bonchev–Trinajstić information content (AvgIpc) is 3.04. The molecule has 1 unspecified atom stereocenters. The summed E-state index contributed by atoms with van der Waals surface area (Å²) in [6.07, 6.45) is 1.76. The molecule has 1 aromatic carbocycles. The van der Waals surface area contributed by atoms with Crippen LogP contribution in [0.15, 0.2) is 29.6 Å². The van der Waals surface area contributed by atoms with E-state index in [9.17, 15) is 4.55 Å². The number of aromatic nitrogens is 3. The van der Waals surface area contributed by atoms with Gasteiger partial charge in [-0.3, -0.25) is 9.97 Å². The Balaban J connectivity index is 1.87. The van der Waals surface area contributed by atoms with Gasteiger partial charge in [0.25, 0.3) is 0 Å². The van der Waals surface area contributed by atoms with E-state index in [0.29, 0.717) is 17.5 Å². The number of aromatic amines is 1. The molecule has 0 fully saturated rings. The van der Waals surface area contributed by atoms with Gasteiger partial charge in [0.2, 0.25) is 0 Å². The van der Waals surface area contributed by atoms with Crippen molar-refractivity contribution in [2.45, 2.75) is 31.7 Å². The van der Waals surface area contributed by atoms with Crippen LogP contribution in [0.1, 0.15) is 23.7 Å². The van der Waals surface area contributed by atoms with Gasteiger partial charge in [-0.15, -0.1) is 0 Å². The Morgan fingerprint density at radius 3 is 2.80 bits per heavy atom. The summed E-state index contributed by atoms with van der Waals surface area (Å²) in [6, 6.07) is 5.52. The summed E-state index contributed by atoms with van der Waals surface area (Å²) in [4.78, 5) is 12.0. The molecule has 3 aromatic rings. The Kier molecular flexibility index (Phi) is 5.15. The highest BCUT2D eigenvalue weighted by atomic mass is 32.2. The predicted molar refractivity (Wildman–Crippen MR) is 97.6 cm³/mol. The zero-order valence-corrected chi connectivity index (χ0v) is 15.6. The lowest BCUT2D eigenvalue weighted by atomic mass is 10.1. The van der Waals surface area contributed by atoms with Gasteiger partial charge in [0.1, 0.15) is 11.5 Å². The maximum atomic E-state index is 12.7. The van der Waals surface area contributed by atoms with E-state index in [1.807, 2.05) is 39.0 Å². The highest BCUT2D eigenvalue weighted by molar-refractivity contribution is 7.90. The van der Waals surface area contributed by atoms with Crippen molar-refractivity contribution in [2.24, 2.45) is 0 Å². The first kappa shape index (κ1) is 17.6. The van der Waals surface area contributed by atoms with Crippen molar-refractivity contribution in [2.75, 3.05) is 13.7 Å². The molecule has 0 aliphatic rings. The number of imidazole rings is 1. The van der Waals surface area contributed by atoms with E-state index < -0.39 is 11.2 Å². The van der Waals surface area contributed by atoms with E-state index in [4.69, 9.17) is 9.47 Å². The molecule has 0 radical (unpaired) electrons. The molecule has 132 valence electrons. The monoisotopic (exact) mass is 359 g/mol. The molecule has 0 saturated carbocycles. The van der Waals surface area contributed by atoms with Crippen molar-refractivity contribution in [1.82, 2.24) is 15.0 Å². The molecular weight excluding hydrogens is 338 g/mol. The average molecular weight is 359 g/mol. The minimum atomic E-state index is -1.33. The number of benzene rings is 1. The van der Waals surface area contributed by atoms with Crippen LogP contribution in [0.5, 0.6) is 11.5 Å². The van der Waals surface area contributed by atoms with Gasteiger partial charge in [0.15, 0.2) is 5.75 Å². The molecule has 0 saturated heterocycles. The van der Waals surface area contributed by atoms with Gasteiger partial charge < -0.3 is 14.0 Å². The summed E-state index contributed by atoms with van der Waals surface area (Å²) in [5.74, 6) is 1.82. The summed E-state index contributed by atoms with van der Waals surface area (Å²) in [7, 11) is 1.61. The van der Waals surface area contributed by atoms with Crippen molar-refractivity contribution < 1.29 is 14.0 Å². The minimum absolute atomic E-state index is 0.281. The first-order chi connectivity index (χ1) is 12.0. The van der Waals surface area contributed by atoms with Crippen LogP contribution in [-0.4, -0.2) is 33.2 Å². The number of hydrogen-bond donors (Lipinski definition) is 1. The largest absolute Gasteiger partial charge is 0.609 e. The topological polar surface area (TPSA) is 83.1 Å². The van der Waals surface area contributed by atoms with Gasteiger partial charge in [-0.1, -0.05) is 0 Å². The van der Waals surface area contributed by atoms with Gasteiger partial charge in [-0.25, -0.2) is 0 Å². The van der Waals surface area contributed by atoms with Crippen LogP contribution >= 0.6 is 0 Å².